The van der Waals surface area contributed by atoms with E-state index in [2.05, 4.69) is 73.9 Å². The van der Waals surface area contributed by atoms with Crippen molar-refractivity contribution in [3.05, 3.63) is 100 Å². The van der Waals surface area contributed by atoms with E-state index in [1.54, 1.807) is 0 Å². The molecule has 148 valence electrons. The minimum atomic E-state index is 0.193. The van der Waals surface area contributed by atoms with E-state index in [1.165, 1.54) is 11.1 Å². The Labute approximate surface area is 178 Å². The lowest BCUT2D eigenvalue weighted by Crippen LogP contribution is -2.10. The van der Waals surface area contributed by atoms with Crippen LogP contribution in [-0.2, 0) is 13.0 Å². The lowest BCUT2D eigenvalue weighted by Gasteiger charge is -2.17. The first-order valence-corrected chi connectivity index (χ1v) is 10.7. The SMILES string of the molecule is CC(C)Cc1ccc([C@@H](C)c2nc3ccccc3n2Cc2ccccc2Cl)cc1. The molecule has 1 aromatic heterocycles. The van der Waals surface area contributed by atoms with Gasteiger partial charge in [-0.2, -0.15) is 0 Å². The molecule has 0 aliphatic carbocycles. The summed E-state index contributed by atoms with van der Waals surface area (Å²) in [4.78, 5) is 5.01. The Morgan fingerprint density at radius 1 is 0.862 bits per heavy atom. The highest BCUT2D eigenvalue weighted by molar-refractivity contribution is 6.31. The third-order valence-corrected chi connectivity index (χ3v) is 5.85. The van der Waals surface area contributed by atoms with Gasteiger partial charge in [-0.3, -0.25) is 0 Å². The average Bonchev–Trinajstić information content (AvgIpc) is 3.08. The van der Waals surface area contributed by atoms with Crippen LogP contribution in [0.2, 0.25) is 5.02 Å². The molecular weight excluding hydrogens is 376 g/mol. The van der Waals surface area contributed by atoms with Crippen molar-refractivity contribution in [2.24, 2.45) is 5.92 Å². The zero-order valence-electron chi connectivity index (χ0n) is 17.3. The van der Waals surface area contributed by atoms with Crippen molar-refractivity contribution in [3.8, 4) is 0 Å². The average molecular weight is 403 g/mol. The van der Waals surface area contributed by atoms with Crippen LogP contribution < -0.4 is 0 Å². The summed E-state index contributed by atoms with van der Waals surface area (Å²) in [6, 6.07) is 25.4. The highest BCUT2D eigenvalue weighted by atomic mass is 35.5. The van der Waals surface area contributed by atoms with Crippen LogP contribution in [0.3, 0.4) is 0 Å². The molecular formula is C26H27ClN2. The standard InChI is InChI=1S/C26H27ClN2/c1-18(2)16-20-12-14-21(15-13-20)19(3)26-28-24-10-6-7-11-25(24)29(26)17-22-8-4-5-9-23(22)27/h4-15,18-19H,16-17H2,1-3H3/t19-/m1/s1. The maximum atomic E-state index is 6.47. The Kier molecular flexibility index (Phi) is 5.73. The van der Waals surface area contributed by atoms with Crippen molar-refractivity contribution in [1.29, 1.82) is 0 Å². The van der Waals surface area contributed by atoms with Crippen LogP contribution in [0, 0.1) is 5.92 Å². The second-order valence-corrected chi connectivity index (χ2v) is 8.60. The van der Waals surface area contributed by atoms with Crippen LogP contribution in [0.5, 0.6) is 0 Å². The van der Waals surface area contributed by atoms with Crippen molar-refractivity contribution >= 4 is 22.6 Å². The van der Waals surface area contributed by atoms with Crippen LogP contribution in [0.25, 0.3) is 11.0 Å². The first kappa shape index (κ1) is 19.7. The van der Waals surface area contributed by atoms with Gasteiger partial charge in [-0.15, -0.1) is 0 Å². The van der Waals surface area contributed by atoms with Crippen LogP contribution in [-0.4, -0.2) is 9.55 Å². The first-order chi connectivity index (χ1) is 14.0. The molecule has 4 aromatic rings. The summed E-state index contributed by atoms with van der Waals surface area (Å²) in [5, 5.41) is 0.793. The number of fused-ring (bicyclic) bond motifs is 1. The molecule has 0 saturated carbocycles. The number of nitrogens with zero attached hydrogens (tertiary/aromatic N) is 2. The summed E-state index contributed by atoms with van der Waals surface area (Å²) in [7, 11) is 0. The molecule has 0 spiro atoms. The second-order valence-electron chi connectivity index (χ2n) is 8.20. The second kappa shape index (κ2) is 8.42. The van der Waals surface area contributed by atoms with Gasteiger partial charge in [0.1, 0.15) is 5.82 Å². The highest BCUT2D eigenvalue weighted by Crippen LogP contribution is 2.29. The summed E-state index contributed by atoms with van der Waals surface area (Å²) >= 11 is 6.47. The molecule has 0 aliphatic rings. The van der Waals surface area contributed by atoms with Crippen LogP contribution >= 0.6 is 11.6 Å². The molecule has 1 atom stereocenters. The van der Waals surface area contributed by atoms with Gasteiger partial charge in [0, 0.05) is 10.9 Å². The predicted molar refractivity (Wildman–Crippen MR) is 123 cm³/mol. The molecule has 0 aliphatic heterocycles. The predicted octanol–water partition coefficient (Wildman–Crippen LogP) is 7.09. The Bertz CT molecular complexity index is 1110. The van der Waals surface area contributed by atoms with Crippen LogP contribution in [0.4, 0.5) is 0 Å². The van der Waals surface area contributed by atoms with E-state index < -0.39 is 0 Å². The van der Waals surface area contributed by atoms with Gasteiger partial charge in [-0.05, 0) is 47.2 Å². The Morgan fingerprint density at radius 3 is 2.28 bits per heavy atom. The van der Waals surface area contributed by atoms with Crippen LogP contribution in [0.1, 0.15) is 49.2 Å². The number of halogens is 1. The maximum Gasteiger partial charge on any atom is 0.117 e. The number of hydrogen-bond acceptors (Lipinski definition) is 1. The number of benzene rings is 3. The third kappa shape index (κ3) is 4.23. The Balaban J connectivity index is 1.74. The molecule has 0 N–H and O–H groups in total. The van der Waals surface area contributed by atoms with Gasteiger partial charge in [0.25, 0.3) is 0 Å². The summed E-state index contributed by atoms with van der Waals surface area (Å²) in [5.74, 6) is 1.93. The molecule has 3 aromatic carbocycles. The molecule has 0 radical (unpaired) electrons. The van der Waals surface area contributed by atoms with Crippen molar-refractivity contribution in [2.75, 3.05) is 0 Å². The van der Waals surface area contributed by atoms with Crippen molar-refractivity contribution < 1.29 is 0 Å². The molecule has 0 unspecified atom stereocenters. The molecule has 3 heteroatoms. The van der Waals surface area contributed by atoms with Gasteiger partial charge < -0.3 is 4.57 Å². The minimum absolute atomic E-state index is 0.193. The molecule has 0 amide bonds. The van der Waals surface area contributed by atoms with E-state index in [0.717, 1.165) is 33.9 Å². The van der Waals surface area contributed by atoms with E-state index >= 15 is 0 Å². The number of aromatic nitrogens is 2. The summed E-state index contributed by atoms with van der Waals surface area (Å²) in [5.41, 5.74) is 5.95. The zero-order chi connectivity index (χ0) is 20.4. The number of rotatable bonds is 6. The fraction of sp³-hybridized carbons (Fsp3) is 0.269. The van der Waals surface area contributed by atoms with Gasteiger partial charge in [0.2, 0.25) is 0 Å². The largest absolute Gasteiger partial charge is 0.323 e. The summed E-state index contributed by atoms with van der Waals surface area (Å²) < 4.78 is 2.31. The quantitative estimate of drug-likeness (QED) is 0.336. The molecule has 0 fully saturated rings. The fourth-order valence-electron chi connectivity index (χ4n) is 3.95. The maximum absolute atomic E-state index is 6.47. The molecule has 0 saturated heterocycles. The minimum Gasteiger partial charge on any atom is -0.323 e. The Morgan fingerprint density at radius 2 is 1.55 bits per heavy atom. The molecule has 29 heavy (non-hydrogen) atoms. The van der Waals surface area contributed by atoms with Gasteiger partial charge in [-0.1, -0.05) is 87.0 Å². The zero-order valence-corrected chi connectivity index (χ0v) is 18.0. The fourth-order valence-corrected chi connectivity index (χ4v) is 4.15. The molecule has 2 nitrogen and oxygen atoms in total. The molecule has 4 rings (SSSR count). The van der Waals surface area contributed by atoms with Gasteiger partial charge >= 0.3 is 0 Å². The Hall–Kier alpha value is -2.58. The monoisotopic (exact) mass is 402 g/mol. The van der Waals surface area contributed by atoms with E-state index in [-0.39, 0.29) is 5.92 Å². The van der Waals surface area contributed by atoms with E-state index in [0.29, 0.717) is 12.5 Å². The van der Waals surface area contributed by atoms with Crippen molar-refractivity contribution in [3.63, 3.8) is 0 Å². The lowest BCUT2D eigenvalue weighted by molar-refractivity contribution is 0.646. The van der Waals surface area contributed by atoms with Crippen molar-refractivity contribution in [1.82, 2.24) is 9.55 Å². The number of imidazole rings is 1. The molecule has 0 bridgehead atoms. The smallest absolute Gasteiger partial charge is 0.117 e. The third-order valence-electron chi connectivity index (χ3n) is 5.48. The van der Waals surface area contributed by atoms with E-state index in [1.807, 2.05) is 24.3 Å². The van der Waals surface area contributed by atoms with E-state index in [4.69, 9.17) is 16.6 Å². The normalized spacial score (nSPS) is 12.6. The van der Waals surface area contributed by atoms with E-state index in [9.17, 15) is 0 Å². The van der Waals surface area contributed by atoms with Crippen LogP contribution in [0.15, 0.2) is 72.8 Å². The number of hydrogen-bond donors (Lipinski definition) is 0. The van der Waals surface area contributed by atoms with Gasteiger partial charge in [0.15, 0.2) is 0 Å². The highest BCUT2D eigenvalue weighted by Gasteiger charge is 2.19. The topological polar surface area (TPSA) is 17.8 Å². The van der Waals surface area contributed by atoms with Gasteiger partial charge in [0.05, 0.1) is 17.6 Å². The first-order valence-electron chi connectivity index (χ1n) is 10.3. The molecule has 1 heterocycles. The lowest BCUT2D eigenvalue weighted by atomic mass is 9.96. The van der Waals surface area contributed by atoms with Crippen molar-refractivity contribution in [2.45, 2.75) is 39.7 Å². The number of para-hydroxylation sites is 2. The van der Waals surface area contributed by atoms with Gasteiger partial charge in [-0.25, -0.2) is 4.98 Å². The summed E-state index contributed by atoms with van der Waals surface area (Å²) in [6.07, 6.45) is 1.11. The summed E-state index contributed by atoms with van der Waals surface area (Å²) in [6.45, 7) is 7.47.